The van der Waals surface area contributed by atoms with E-state index < -0.39 is 5.82 Å². The van der Waals surface area contributed by atoms with E-state index in [1.807, 2.05) is 28.8 Å². The third-order valence-electron chi connectivity index (χ3n) is 5.16. The number of halogens is 2. The molecule has 0 aliphatic heterocycles. The first-order valence-electron chi connectivity index (χ1n) is 10.5. The third-order valence-corrected chi connectivity index (χ3v) is 5.49. The summed E-state index contributed by atoms with van der Waals surface area (Å²) in [4.78, 5) is 29.6. The van der Waals surface area contributed by atoms with Crippen molar-refractivity contribution < 1.29 is 14.0 Å². The lowest BCUT2D eigenvalue weighted by Gasteiger charge is -2.11. The van der Waals surface area contributed by atoms with E-state index in [-0.39, 0.29) is 24.0 Å². The van der Waals surface area contributed by atoms with Gasteiger partial charge < -0.3 is 15.2 Å². The number of carbonyl (C=O) groups excluding carboxylic acids is 2. The summed E-state index contributed by atoms with van der Waals surface area (Å²) in [5.41, 5.74) is 2.15. The molecule has 0 aliphatic rings. The van der Waals surface area contributed by atoms with Crippen LogP contribution in [0.15, 0.2) is 72.8 Å². The molecule has 8 heteroatoms. The quantitative estimate of drug-likeness (QED) is 0.367. The van der Waals surface area contributed by atoms with E-state index in [1.165, 1.54) is 12.1 Å². The summed E-state index contributed by atoms with van der Waals surface area (Å²) in [7, 11) is 0. The van der Waals surface area contributed by atoms with E-state index in [4.69, 9.17) is 11.6 Å². The number of aromatic nitrogens is 2. The van der Waals surface area contributed by atoms with Crippen molar-refractivity contribution in [3.63, 3.8) is 0 Å². The predicted octanol–water partition coefficient (Wildman–Crippen LogP) is 4.83. The zero-order chi connectivity index (χ0) is 23.2. The van der Waals surface area contributed by atoms with Crippen LogP contribution in [0.1, 0.15) is 22.6 Å². The molecular formula is C25H22ClFN4O2. The van der Waals surface area contributed by atoms with Crippen LogP contribution in [-0.4, -0.2) is 27.9 Å². The molecule has 168 valence electrons. The van der Waals surface area contributed by atoms with Gasteiger partial charge in [0.1, 0.15) is 18.2 Å². The summed E-state index contributed by atoms with van der Waals surface area (Å²) in [6.45, 7) is 0.421. The molecule has 0 fully saturated rings. The highest BCUT2D eigenvalue weighted by molar-refractivity contribution is 6.33. The summed E-state index contributed by atoms with van der Waals surface area (Å²) < 4.78 is 15.7. The first kappa shape index (κ1) is 22.5. The van der Waals surface area contributed by atoms with Gasteiger partial charge in [0.25, 0.3) is 5.91 Å². The summed E-state index contributed by atoms with van der Waals surface area (Å²) in [6.07, 6.45) is 1.17. The number of fused-ring (bicyclic) bond motifs is 1. The van der Waals surface area contributed by atoms with E-state index in [0.717, 1.165) is 11.0 Å². The van der Waals surface area contributed by atoms with E-state index in [2.05, 4.69) is 15.6 Å². The largest absolute Gasteiger partial charge is 0.352 e. The average molecular weight is 465 g/mol. The number of benzene rings is 3. The number of rotatable bonds is 8. The zero-order valence-electron chi connectivity index (χ0n) is 17.7. The van der Waals surface area contributed by atoms with Crippen LogP contribution in [0.4, 0.5) is 10.1 Å². The number of hydrogen-bond donors (Lipinski definition) is 2. The molecule has 33 heavy (non-hydrogen) atoms. The number of hydrogen-bond acceptors (Lipinski definition) is 3. The van der Waals surface area contributed by atoms with Crippen LogP contribution in [-0.2, 0) is 17.8 Å². The van der Waals surface area contributed by atoms with Gasteiger partial charge in [-0.3, -0.25) is 9.59 Å². The van der Waals surface area contributed by atoms with Gasteiger partial charge >= 0.3 is 0 Å². The highest BCUT2D eigenvalue weighted by atomic mass is 35.5. The minimum atomic E-state index is -0.490. The standard InChI is InChI=1S/C25H22ClFN4O2/c26-18-9-2-1-8-17(18)25(33)28-15-7-14-23-29-21-12-5-6-13-22(21)31(23)16-24(32)30-20-11-4-3-10-19(20)27/h1-6,8-13H,7,14-16H2,(H,28,33)(H,30,32). The third kappa shape index (κ3) is 5.38. The van der Waals surface area contributed by atoms with Crippen molar-refractivity contribution in [2.45, 2.75) is 19.4 Å². The Bertz CT molecular complexity index is 1300. The van der Waals surface area contributed by atoms with Gasteiger partial charge in [-0.05, 0) is 42.8 Å². The smallest absolute Gasteiger partial charge is 0.252 e. The molecule has 2 amide bonds. The molecule has 4 rings (SSSR count). The normalized spacial score (nSPS) is 10.8. The van der Waals surface area contributed by atoms with E-state index >= 15 is 0 Å². The van der Waals surface area contributed by atoms with Gasteiger partial charge in [0.2, 0.25) is 5.91 Å². The molecule has 3 aromatic carbocycles. The van der Waals surface area contributed by atoms with Crippen molar-refractivity contribution in [1.29, 1.82) is 0 Å². The van der Waals surface area contributed by atoms with Gasteiger partial charge in [-0.15, -0.1) is 0 Å². The maximum absolute atomic E-state index is 13.9. The van der Waals surface area contributed by atoms with Crippen LogP contribution in [0.3, 0.4) is 0 Å². The molecule has 6 nitrogen and oxygen atoms in total. The van der Waals surface area contributed by atoms with Crippen molar-refractivity contribution in [3.05, 3.63) is 95.0 Å². The Hall–Kier alpha value is -3.71. The van der Waals surface area contributed by atoms with Gasteiger partial charge in [-0.25, -0.2) is 9.37 Å². The molecule has 0 bridgehead atoms. The second kappa shape index (κ2) is 10.3. The summed E-state index contributed by atoms with van der Waals surface area (Å²) in [5.74, 6) is -0.363. The molecule has 0 atom stereocenters. The number of carbonyl (C=O) groups is 2. The molecule has 1 heterocycles. The SMILES string of the molecule is O=C(Cn1c(CCCNC(=O)c2ccccc2Cl)nc2ccccc21)Nc1ccccc1F. The summed E-state index contributed by atoms with van der Waals surface area (Å²) in [5, 5.41) is 5.88. The fourth-order valence-corrected chi connectivity index (χ4v) is 3.80. The van der Waals surface area contributed by atoms with Gasteiger partial charge in [0, 0.05) is 13.0 Å². The lowest BCUT2D eigenvalue weighted by Crippen LogP contribution is -2.25. The van der Waals surface area contributed by atoms with Gasteiger partial charge in [0.15, 0.2) is 0 Å². The zero-order valence-corrected chi connectivity index (χ0v) is 18.5. The summed E-state index contributed by atoms with van der Waals surface area (Å²) in [6, 6.07) is 20.4. The Morgan fingerprint density at radius 2 is 1.70 bits per heavy atom. The maximum atomic E-state index is 13.9. The first-order valence-corrected chi connectivity index (χ1v) is 10.9. The van der Waals surface area contributed by atoms with E-state index in [1.54, 1.807) is 36.4 Å². The lowest BCUT2D eigenvalue weighted by atomic mass is 10.2. The van der Waals surface area contributed by atoms with E-state index in [0.29, 0.717) is 35.8 Å². The maximum Gasteiger partial charge on any atom is 0.252 e. The lowest BCUT2D eigenvalue weighted by molar-refractivity contribution is -0.116. The van der Waals surface area contributed by atoms with Gasteiger partial charge in [-0.1, -0.05) is 48.0 Å². The number of nitrogens with one attached hydrogen (secondary N) is 2. The Balaban J connectivity index is 1.43. The van der Waals surface area contributed by atoms with Gasteiger partial charge in [0.05, 0.1) is 27.3 Å². The molecular weight excluding hydrogens is 443 g/mol. The molecule has 0 unspecified atom stereocenters. The average Bonchev–Trinajstić information content (AvgIpc) is 3.15. The fraction of sp³-hybridized carbons (Fsp3) is 0.160. The Labute approximate surface area is 195 Å². The van der Waals surface area contributed by atoms with Crippen LogP contribution < -0.4 is 10.6 Å². The number of para-hydroxylation sites is 3. The van der Waals surface area contributed by atoms with Crippen molar-refractivity contribution in [2.75, 3.05) is 11.9 Å². The van der Waals surface area contributed by atoms with Crippen LogP contribution in [0.2, 0.25) is 5.02 Å². The molecule has 4 aromatic rings. The number of aryl methyl sites for hydroxylation is 1. The van der Waals surface area contributed by atoms with E-state index in [9.17, 15) is 14.0 Å². The number of amides is 2. The first-order chi connectivity index (χ1) is 16.0. The molecule has 1 aromatic heterocycles. The minimum Gasteiger partial charge on any atom is -0.352 e. The van der Waals surface area contributed by atoms with Crippen molar-refractivity contribution in [2.24, 2.45) is 0 Å². The van der Waals surface area contributed by atoms with Crippen molar-refractivity contribution >= 4 is 40.1 Å². The van der Waals surface area contributed by atoms with Crippen LogP contribution in [0, 0.1) is 5.82 Å². The second-order valence-corrected chi connectivity index (χ2v) is 7.88. The molecule has 0 spiro atoms. The number of nitrogens with zero attached hydrogens (tertiary/aromatic N) is 2. The molecule has 2 N–H and O–H groups in total. The summed E-state index contributed by atoms with van der Waals surface area (Å²) >= 11 is 6.07. The van der Waals surface area contributed by atoms with Crippen molar-refractivity contribution in [1.82, 2.24) is 14.9 Å². The van der Waals surface area contributed by atoms with Crippen molar-refractivity contribution in [3.8, 4) is 0 Å². The highest BCUT2D eigenvalue weighted by Crippen LogP contribution is 2.19. The van der Waals surface area contributed by atoms with Gasteiger partial charge in [-0.2, -0.15) is 0 Å². The Morgan fingerprint density at radius 1 is 0.970 bits per heavy atom. The topological polar surface area (TPSA) is 76.0 Å². The Kier molecular flexibility index (Phi) is 7.00. The van der Waals surface area contributed by atoms with Crippen LogP contribution in [0.25, 0.3) is 11.0 Å². The van der Waals surface area contributed by atoms with Crippen LogP contribution in [0.5, 0.6) is 0 Å². The van der Waals surface area contributed by atoms with Crippen LogP contribution >= 0.6 is 11.6 Å². The number of imidazole rings is 1. The predicted molar refractivity (Wildman–Crippen MR) is 127 cm³/mol. The molecule has 0 saturated carbocycles. The number of anilines is 1. The highest BCUT2D eigenvalue weighted by Gasteiger charge is 2.15. The molecule has 0 aliphatic carbocycles. The Morgan fingerprint density at radius 3 is 2.52 bits per heavy atom. The molecule has 0 saturated heterocycles. The minimum absolute atomic E-state index is 0.00381. The monoisotopic (exact) mass is 464 g/mol. The fourth-order valence-electron chi connectivity index (χ4n) is 3.58. The second-order valence-electron chi connectivity index (χ2n) is 7.47. The molecule has 0 radical (unpaired) electrons.